The standard InChI is InChI=1S/C26H47BrN2O7Si3/c1-25(2,3)38(10,11)34-15-17-21(36-39(12,13)26(4,5)6)20(23(31)33-7)22(35-17)29-19(37(8,9)16-27)14-18(30)28-24(29)32/h14,17,21H,15-16H2,1-13H3,(H,28,30,32)/t17-,21-/m1/s1. The summed E-state index contributed by atoms with van der Waals surface area (Å²) in [6, 6.07) is 1.42. The minimum Gasteiger partial charge on any atom is -0.469 e. The predicted molar refractivity (Wildman–Crippen MR) is 168 cm³/mol. The fraction of sp³-hybridized carbons (Fsp3) is 0.731. The maximum absolute atomic E-state index is 13.4. The Hall–Kier alpha value is -1.26. The second-order valence-electron chi connectivity index (χ2n) is 13.9. The van der Waals surface area contributed by atoms with Crippen LogP contribution in [0.5, 0.6) is 0 Å². The number of hydrogen-bond acceptors (Lipinski definition) is 7. The molecule has 1 aromatic heterocycles. The molecular formula is C26H47BrN2O7Si3. The lowest BCUT2D eigenvalue weighted by Gasteiger charge is -2.40. The van der Waals surface area contributed by atoms with Crippen LogP contribution in [0.25, 0.3) is 5.88 Å². The number of alkyl halides is 1. The highest BCUT2D eigenvalue weighted by Gasteiger charge is 2.50. The minimum atomic E-state index is -2.44. The van der Waals surface area contributed by atoms with Gasteiger partial charge in [-0.15, -0.1) is 0 Å². The summed E-state index contributed by atoms with van der Waals surface area (Å²) in [6.45, 7) is 25.5. The van der Waals surface area contributed by atoms with Gasteiger partial charge in [-0.25, -0.2) is 14.2 Å². The van der Waals surface area contributed by atoms with Crippen molar-refractivity contribution in [1.29, 1.82) is 0 Å². The number of aromatic nitrogens is 2. The van der Waals surface area contributed by atoms with Crippen molar-refractivity contribution in [3.05, 3.63) is 32.5 Å². The number of rotatable bonds is 9. The Labute approximate surface area is 244 Å². The molecule has 0 spiro atoms. The molecule has 13 heteroatoms. The van der Waals surface area contributed by atoms with E-state index < -0.39 is 54.1 Å². The van der Waals surface area contributed by atoms with Crippen molar-refractivity contribution in [1.82, 2.24) is 9.55 Å². The van der Waals surface area contributed by atoms with Crippen molar-refractivity contribution in [3.63, 3.8) is 0 Å². The van der Waals surface area contributed by atoms with E-state index in [4.69, 9.17) is 18.3 Å². The molecule has 0 fully saturated rings. The number of aromatic amines is 1. The molecule has 0 aliphatic carbocycles. The Balaban J connectivity index is 2.84. The molecule has 0 bridgehead atoms. The summed E-state index contributed by atoms with van der Waals surface area (Å²) in [5, 5.41) is 0.325. The molecule has 2 heterocycles. The van der Waals surface area contributed by atoms with Gasteiger partial charge in [0.2, 0.25) is 5.88 Å². The molecule has 2 atom stereocenters. The highest BCUT2D eigenvalue weighted by molar-refractivity contribution is 9.09. The van der Waals surface area contributed by atoms with E-state index in [0.717, 1.165) is 0 Å². The van der Waals surface area contributed by atoms with E-state index in [9.17, 15) is 14.4 Å². The van der Waals surface area contributed by atoms with Crippen LogP contribution in [0, 0.1) is 0 Å². The second kappa shape index (κ2) is 11.6. The summed E-state index contributed by atoms with van der Waals surface area (Å²) in [5.41, 5.74) is -1.05. The third kappa shape index (κ3) is 7.15. The zero-order valence-corrected chi connectivity index (χ0v) is 30.4. The quantitative estimate of drug-likeness (QED) is 0.235. The molecule has 1 N–H and O–H groups in total. The van der Waals surface area contributed by atoms with Crippen LogP contribution in [0.2, 0.25) is 49.4 Å². The first kappa shape index (κ1) is 33.9. The highest BCUT2D eigenvalue weighted by Crippen LogP contribution is 2.43. The number of methoxy groups -OCH3 is 1. The lowest BCUT2D eigenvalue weighted by molar-refractivity contribution is -0.137. The molecule has 2 rings (SSSR count). The highest BCUT2D eigenvalue weighted by atomic mass is 79.9. The number of ether oxygens (including phenoxy) is 2. The van der Waals surface area contributed by atoms with Crippen molar-refractivity contribution in [2.45, 2.75) is 103 Å². The zero-order chi connectivity index (χ0) is 30.4. The number of carbonyl (C=O) groups excluding carboxylic acids is 1. The molecule has 0 amide bonds. The van der Waals surface area contributed by atoms with E-state index in [0.29, 0.717) is 10.3 Å². The van der Waals surface area contributed by atoms with Crippen molar-refractivity contribution >= 4 is 57.8 Å². The molecule has 1 aliphatic heterocycles. The van der Waals surface area contributed by atoms with Gasteiger partial charge in [0, 0.05) is 16.3 Å². The van der Waals surface area contributed by atoms with Crippen LogP contribution >= 0.6 is 15.9 Å². The normalized spacial score (nSPS) is 19.3. The molecule has 0 unspecified atom stereocenters. The Morgan fingerprint density at radius 2 is 1.56 bits per heavy atom. The van der Waals surface area contributed by atoms with Crippen molar-refractivity contribution in [2.75, 3.05) is 18.7 Å². The molecule has 0 aromatic carbocycles. The Morgan fingerprint density at radius 3 is 2.03 bits per heavy atom. The van der Waals surface area contributed by atoms with Gasteiger partial charge in [-0.3, -0.25) is 9.78 Å². The van der Waals surface area contributed by atoms with Gasteiger partial charge in [-0.2, -0.15) is 0 Å². The Morgan fingerprint density at radius 1 is 1.03 bits per heavy atom. The fourth-order valence-corrected chi connectivity index (χ4v) is 8.18. The van der Waals surface area contributed by atoms with Crippen LogP contribution in [-0.2, 0) is 23.1 Å². The first-order chi connectivity index (χ1) is 17.5. The van der Waals surface area contributed by atoms with E-state index >= 15 is 0 Å². The molecule has 0 saturated heterocycles. The summed E-state index contributed by atoms with van der Waals surface area (Å²) >= 11 is 3.56. The van der Waals surface area contributed by atoms with Gasteiger partial charge in [0.1, 0.15) is 19.8 Å². The van der Waals surface area contributed by atoms with Gasteiger partial charge in [0.25, 0.3) is 5.56 Å². The van der Waals surface area contributed by atoms with Crippen molar-refractivity contribution in [2.24, 2.45) is 0 Å². The number of hydrogen-bond donors (Lipinski definition) is 1. The fourth-order valence-electron chi connectivity index (χ4n) is 3.58. The minimum absolute atomic E-state index is 0.0344. The average molecular weight is 664 g/mol. The van der Waals surface area contributed by atoms with Gasteiger partial charge in [-0.05, 0) is 36.3 Å². The summed E-state index contributed by atoms with van der Waals surface area (Å²) < 4.78 is 26.4. The zero-order valence-electron chi connectivity index (χ0n) is 25.8. The van der Waals surface area contributed by atoms with Crippen LogP contribution < -0.4 is 16.6 Å². The topological polar surface area (TPSA) is 109 Å². The van der Waals surface area contributed by atoms with Crippen LogP contribution in [-0.4, -0.2) is 71.1 Å². The molecule has 39 heavy (non-hydrogen) atoms. The van der Waals surface area contributed by atoms with E-state index in [2.05, 4.69) is 88.6 Å². The van der Waals surface area contributed by atoms with E-state index in [-0.39, 0.29) is 28.1 Å². The summed E-state index contributed by atoms with van der Waals surface area (Å²) in [5.74, 6) is -0.613. The predicted octanol–water partition coefficient (Wildman–Crippen LogP) is 4.54. The number of nitrogens with one attached hydrogen (secondary N) is 1. The lowest BCUT2D eigenvalue weighted by Crippen LogP contribution is -2.55. The lowest BCUT2D eigenvalue weighted by atomic mass is 10.1. The number of halogens is 1. The molecule has 1 aromatic rings. The summed E-state index contributed by atoms with van der Waals surface area (Å²) in [4.78, 5) is 42.1. The molecule has 0 saturated carbocycles. The number of H-pyrrole nitrogens is 1. The van der Waals surface area contributed by atoms with E-state index in [1.807, 2.05) is 13.1 Å². The van der Waals surface area contributed by atoms with Crippen molar-refractivity contribution < 1.29 is 23.1 Å². The SMILES string of the molecule is COC(=O)C1=C(n2c([Si](C)(C)CBr)cc(=O)[nH]c2=O)O[C@H](CO[Si](C)(C)C(C)(C)C)[C@H]1O[Si](C)(C)C(C)(C)C. The number of esters is 1. The first-order valence-corrected chi connectivity index (χ1v) is 23.4. The Bertz CT molecular complexity index is 1220. The van der Waals surface area contributed by atoms with Crippen LogP contribution in [0.4, 0.5) is 0 Å². The first-order valence-electron chi connectivity index (χ1n) is 13.2. The number of nitrogens with zero attached hydrogens (tertiary/aromatic N) is 1. The molecule has 9 nitrogen and oxygen atoms in total. The smallest absolute Gasteiger partial charge is 0.341 e. The molecule has 222 valence electrons. The monoisotopic (exact) mass is 662 g/mol. The van der Waals surface area contributed by atoms with Gasteiger partial charge in [-0.1, -0.05) is 70.6 Å². The molecular weight excluding hydrogens is 616 g/mol. The van der Waals surface area contributed by atoms with Gasteiger partial charge in [0.05, 0.1) is 13.7 Å². The largest absolute Gasteiger partial charge is 0.469 e. The third-order valence-electron chi connectivity index (χ3n) is 8.34. The average Bonchev–Trinajstić information content (AvgIpc) is 3.12. The van der Waals surface area contributed by atoms with Gasteiger partial charge >= 0.3 is 11.7 Å². The molecule has 1 aliphatic rings. The summed E-state index contributed by atoms with van der Waals surface area (Å²) in [7, 11) is -5.70. The maximum atomic E-state index is 13.4. The van der Waals surface area contributed by atoms with Crippen LogP contribution in [0.15, 0.2) is 21.2 Å². The maximum Gasteiger partial charge on any atom is 0.341 e. The van der Waals surface area contributed by atoms with E-state index in [1.54, 1.807) is 0 Å². The van der Waals surface area contributed by atoms with Gasteiger partial charge < -0.3 is 18.3 Å². The van der Waals surface area contributed by atoms with Crippen LogP contribution in [0.1, 0.15) is 41.5 Å². The van der Waals surface area contributed by atoms with Crippen LogP contribution in [0.3, 0.4) is 0 Å². The second-order valence-corrected chi connectivity index (χ2v) is 29.7. The molecule has 0 radical (unpaired) electrons. The van der Waals surface area contributed by atoms with Gasteiger partial charge in [0.15, 0.2) is 22.7 Å². The Kier molecular flexibility index (Phi) is 10.1. The third-order valence-corrected chi connectivity index (χ3v) is 23.9. The van der Waals surface area contributed by atoms with E-state index in [1.165, 1.54) is 17.7 Å². The van der Waals surface area contributed by atoms with Crippen molar-refractivity contribution in [3.8, 4) is 0 Å². The number of carbonyl (C=O) groups is 1. The summed E-state index contributed by atoms with van der Waals surface area (Å²) in [6.07, 6.45) is -1.52.